The van der Waals surface area contributed by atoms with Crippen molar-refractivity contribution in [2.24, 2.45) is 5.92 Å². The molecule has 4 heterocycles. The maximum atomic E-state index is 14.9. The molecule has 1 aromatic carbocycles. The van der Waals surface area contributed by atoms with Gasteiger partial charge in [0.15, 0.2) is 0 Å². The largest absolute Gasteiger partial charge is 0.481 e. The maximum absolute atomic E-state index is 14.9. The second-order valence-electron chi connectivity index (χ2n) is 10.6. The van der Waals surface area contributed by atoms with Gasteiger partial charge in [-0.15, -0.1) is 0 Å². The Morgan fingerprint density at radius 3 is 2.62 bits per heavy atom. The number of piperidine rings is 1. The first-order valence-electron chi connectivity index (χ1n) is 12.4. The lowest BCUT2D eigenvalue weighted by Crippen LogP contribution is -2.49. The van der Waals surface area contributed by atoms with Gasteiger partial charge in [0.1, 0.15) is 22.3 Å². The van der Waals surface area contributed by atoms with Gasteiger partial charge in [-0.3, -0.25) is 14.5 Å². The van der Waals surface area contributed by atoms with Crippen LogP contribution >= 0.6 is 11.6 Å². The van der Waals surface area contributed by atoms with Gasteiger partial charge < -0.3 is 14.6 Å². The summed E-state index contributed by atoms with van der Waals surface area (Å²) in [6, 6.07) is 6.38. The third-order valence-electron chi connectivity index (χ3n) is 7.62. The second kappa shape index (κ2) is 9.68. The van der Waals surface area contributed by atoms with Gasteiger partial charge in [-0.2, -0.15) is 0 Å². The van der Waals surface area contributed by atoms with Gasteiger partial charge in [0, 0.05) is 34.8 Å². The Morgan fingerprint density at radius 1 is 1.19 bits per heavy atom. The number of amides is 1. The first kappa shape index (κ1) is 25.6. The Morgan fingerprint density at radius 2 is 1.92 bits per heavy atom. The number of likely N-dealkylation sites (tertiary alicyclic amines) is 1. The fourth-order valence-corrected chi connectivity index (χ4v) is 5.96. The van der Waals surface area contributed by atoms with E-state index in [1.807, 2.05) is 26.5 Å². The molecule has 2 aliphatic rings. The molecule has 1 saturated heterocycles. The Balaban J connectivity index is 1.46. The van der Waals surface area contributed by atoms with E-state index in [1.165, 1.54) is 6.07 Å². The van der Waals surface area contributed by atoms with Gasteiger partial charge in [-0.05, 0) is 49.7 Å². The molecule has 0 aliphatic carbocycles. The van der Waals surface area contributed by atoms with Crippen molar-refractivity contribution in [1.82, 2.24) is 19.4 Å². The van der Waals surface area contributed by atoms with Crippen LogP contribution in [0.4, 0.5) is 8.78 Å². The second-order valence-corrected chi connectivity index (χ2v) is 11.0. The topological polar surface area (TPSA) is 78.7 Å². The van der Waals surface area contributed by atoms with Crippen LogP contribution in [0.2, 0.25) is 5.02 Å². The minimum atomic E-state index is -0.814. The highest BCUT2D eigenvalue weighted by molar-refractivity contribution is 6.30. The Hall–Kier alpha value is -3.04. The highest BCUT2D eigenvalue weighted by atomic mass is 35.5. The molecule has 0 spiro atoms. The lowest BCUT2D eigenvalue weighted by Gasteiger charge is -2.40. The van der Waals surface area contributed by atoms with Gasteiger partial charge in [0.25, 0.3) is 0 Å². The Bertz CT molecular complexity index is 1380. The highest BCUT2D eigenvalue weighted by Gasteiger charge is 2.39. The number of carbonyl (C=O) groups is 2. The normalized spacial score (nSPS) is 18.2. The summed E-state index contributed by atoms with van der Waals surface area (Å²) in [5.74, 6) is -2.79. The molecule has 0 unspecified atom stereocenters. The van der Waals surface area contributed by atoms with Gasteiger partial charge in [0.05, 0.1) is 25.6 Å². The summed E-state index contributed by atoms with van der Waals surface area (Å²) in [4.78, 5) is 33.1. The van der Waals surface area contributed by atoms with Crippen LogP contribution in [-0.4, -0.2) is 62.5 Å². The summed E-state index contributed by atoms with van der Waals surface area (Å²) >= 11 is 5.85. The molecule has 0 saturated carbocycles. The van der Waals surface area contributed by atoms with Crippen molar-refractivity contribution in [2.75, 3.05) is 26.2 Å². The number of carboxylic acids is 1. The van der Waals surface area contributed by atoms with Gasteiger partial charge in [0.2, 0.25) is 5.91 Å². The van der Waals surface area contributed by atoms with Crippen LogP contribution in [-0.2, 0) is 28.1 Å². The van der Waals surface area contributed by atoms with E-state index in [0.29, 0.717) is 44.7 Å². The number of rotatable bonds is 5. The first-order chi connectivity index (χ1) is 17.6. The monoisotopic (exact) mass is 530 g/mol. The van der Waals surface area contributed by atoms with Crippen molar-refractivity contribution in [2.45, 2.75) is 45.2 Å². The Kier molecular flexibility index (Phi) is 6.70. The van der Waals surface area contributed by atoms with Crippen LogP contribution in [0.15, 0.2) is 30.5 Å². The van der Waals surface area contributed by atoms with Crippen LogP contribution in [0.5, 0.6) is 0 Å². The number of halogens is 3. The van der Waals surface area contributed by atoms with Gasteiger partial charge >= 0.3 is 5.97 Å². The summed E-state index contributed by atoms with van der Waals surface area (Å²) in [7, 11) is 0. The summed E-state index contributed by atoms with van der Waals surface area (Å²) < 4.78 is 30.6. The fraction of sp³-hybridized carbons (Fsp3) is 0.444. The number of fused-ring (bicyclic) bond motifs is 3. The summed E-state index contributed by atoms with van der Waals surface area (Å²) in [6.07, 6.45) is 2.74. The highest BCUT2D eigenvalue weighted by Crippen LogP contribution is 2.40. The maximum Gasteiger partial charge on any atom is 0.306 e. The van der Waals surface area contributed by atoms with E-state index in [0.717, 1.165) is 22.7 Å². The molecular weight excluding hydrogens is 502 g/mol. The number of pyridine rings is 1. The number of aliphatic carboxylic acids is 1. The molecule has 0 atom stereocenters. The van der Waals surface area contributed by atoms with E-state index < -0.39 is 28.0 Å². The van der Waals surface area contributed by atoms with Crippen molar-refractivity contribution in [3.63, 3.8) is 0 Å². The lowest BCUT2D eigenvalue weighted by molar-refractivity contribution is -0.143. The van der Waals surface area contributed by atoms with Crippen molar-refractivity contribution in [3.8, 4) is 0 Å². The summed E-state index contributed by atoms with van der Waals surface area (Å²) in [6.45, 7) is 6.45. The third kappa shape index (κ3) is 4.70. The molecule has 1 fully saturated rings. The summed E-state index contributed by atoms with van der Waals surface area (Å²) in [5, 5.41) is 9.65. The predicted octanol–water partition coefficient (Wildman–Crippen LogP) is 4.43. The predicted molar refractivity (Wildman–Crippen MR) is 135 cm³/mol. The van der Waals surface area contributed by atoms with E-state index in [-0.39, 0.29) is 30.5 Å². The molecule has 0 bridgehead atoms. The zero-order valence-corrected chi connectivity index (χ0v) is 21.6. The molecule has 10 heteroatoms. The van der Waals surface area contributed by atoms with Crippen molar-refractivity contribution >= 4 is 34.5 Å². The van der Waals surface area contributed by atoms with Crippen molar-refractivity contribution < 1.29 is 23.5 Å². The molecule has 0 radical (unpaired) electrons. The van der Waals surface area contributed by atoms with Crippen LogP contribution < -0.4 is 0 Å². The van der Waals surface area contributed by atoms with Gasteiger partial charge in [-0.25, -0.2) is 13.8 Å². The van der Waals surface area contributed by atoms with E-state index in [1.54, 1.807) is 6.20 Å². The standard InChI is InChI=1S/C27H29ClF2N4O3/c1-27(2)15-33(21(35)14-32-10-7-16(8-11-32)26(36)37)13-20-22(27)18-4-3-9-31-25(18)34(20)12-17-5-6-19(29)23(28)24(17)30/h3-6,9,16H,7-8,10-15H2,1-2H3,(H,36,37). The molecule has 196 valence electrons. The smallest absolute Gasteiger partial charge is 0.306 e. The van der Waals surface area contributed by atoms with Crippen LogP contribution in [0.25, 0.3) is 11.0 Å². The van der Waals surface area contributed by atoms with Crippen molar-refractivity contribution in [3.05, 3.63) is 63.9 Å². The Labute approximate surface area is 218 Å². The number of nitrogens with zero attached hydrogens (tertiary/aromatic N) is 4. The van der Waals surface area contributed by atoms with Crippen LogP contribution in [0.3, 0.4) is 0 Å². The van der Waals surface area contributed by atoms with E-state index in [9.17, 15) is 23.5 Å². The van der Waals surface area contributed by atoms with Crippen LogP contribution in [0.1, 0.15) is 43.5 Å². The molecule has 3 aromatic rings. The number of aromatic nitrogens is 2. The summed E-state index contributed by atoms with van der Waals surface area (Å²) in [5.41, 5.74) is 2.44. The number of hydrogen-bond acceptors (Lipinski definition) is 4. The molecule has 5 rings (SSSR count). The molecule has 1 amide bonds. The zero-order valence-electron chi connectivity index (χ0n) is 20.8. The number of benzene rings is 1. The zero-order chi connectivity index (χ0) is 26.5. The molecule has 37 heavy (non-hydrogen) atoms. The number of hydrogen-bond donors (Lipinski definition) is 1. The van der Waals surface area contributed by atoms with Gasteiger partial charge in [-0.1, -0.05) is 31.5 Å². The van der Waals surface area contributed by atoms with E-state index in [2.05, 4.69) is 18.8 Å². The first-order valence-corrected chi connectivity index (χ1v) is 12.8. The molecule has 2 aliphatic heterocycles. The lowest BCUT2D eigenvalue weighted by atomic mass is 9.79. The third-order valence-corrected chi connectivity index (χ3v) is 7.97. The van der Waals surface area contributed by atoms with Crippen molar-refractivity contribution in [1.29, 1.82) is 0 Å². The molecule has 7 nitrogen and oxygen atoms in total. The SMILES string of the molecule is CC1(C)CN(C(=O)CN2CCC(C(=O)O)CC2)Cc2c1c1cccnc1n2Cc1ccc(F)c(Cl)c1F. The van der Waals surface area contributed by atoms with E-state index >= 15 is 0 Å². The average molecular weight is 531 g/mol. The minimum Gasteiger partial charge on any atom is -0.481 e. The average Bonchev–Trinajstić information content (AvgIpc) is 3.18. The van der Waals surface area contributed by atoms with E-state index in [4.69, 9.17) is 11.6 Å². The number of carbonyl (C=O) groups excluding carboxylic acids is 1. The fourth-order valence-electron chi connectivity index (χ4n) is 5.77. The van der Waals surface area contributed by atoms with Crippen LogP contribution in [0, 0.1) is 17.6 Å². The molecule has 2 aromatic heterocycles. The molecular formula is C27H29ClF2N4O3. The minimum absolute atomic E-state index is 0.0340. The molecule has 1 N–H and O–H groups in total. The quantitative estimate of drug-likeness (QED) is 0.494. The number of carboxylic acid groups (broad SMARTS) is 1.